The summed E-state index contributed by atoms with van der Waals surface area (Å²) in [7, 11) is -2.58. The first-order chi connectivity index (χ1) is 7.97. The first-order valence-corrected chi connectivity index (χ1v) is 6.30. The number of sulfonamides is 1. The minimum atomic E-state index is -3.80. The van der Waals surface area contributed by atoms with Crippen molar-refractivity contribution >= 4 is 16.0 Å². The molecule has 6 nitrogen and oxygen atoms in total. The molecule has 0 saturated carbocycles. The van der Waals surface area contributed by atoms with E-state index in [1.165, 1.54) is 31.4 Å². The second-order valence-corrected chi connectivity index (χ2v) is 4.93. The molecule has 1 rings (SSSR count). The zero-order chi connectivity index (χ0) is 12.9. The molecule has 0 aliphatic carbocycles. The third-order valence-corrected chi connectivity index (χ3v) is 3.51. The van der Waals surface area contributed by atoms with Gasteiger partial charge in [-0.3, -0.25) is 4.79 Å². The van der Waals surface area contributed by atoms with Gasteiger partial charge in [0.1, 0.15) is 10.6 Å². The summed E-state index contributed by atoms with van der Waals surface area (Å²) in [6, 6.07) is 5.56. The van der Waals surface area contributed by atoms with Crippen LogP contribution < -0.4 is 4.72 Å². The van der Waals surface area contributed by atoms with Gasteiger partial charge in [-0.05, 0) is 12.1 Å². The Morgan fingerprint density at radius 3 is 2.65 bits per heavy atom. The van der Waals surface area contributed by atoms with Crippen molar-refractivity contribution in [3.05, 3.63) is 24.3 Å². The number of para-hydroxylation sites is 1. The van der Waals surface area contributed by atoms with E-state index >= 15 is 0 Å². The van der Waals surface area contributed by atoms with Crippen molar-refractivity contribution in [3.63, 3.8) is 0 Å². The van der Waals surface area contributed by atoms with E-state index in [9.17, 15) is 18.3 Å². The van der Waals surface area contributed by atoms with Gasteiger partial charge in [-0.2, -0.15) is 0 Å². The molecule has 0 saturated heterocycles. The summed E-state index contributed by atoms with van der Waals surface area (Å²) in [6.07, 6.45) is -0.0661. The fourth-order valence-electron chi connectivity index (χ4n) is 1.15. The summed E-state index contributed by atoms with van der Waals surface area (Å²) in [5.74, 6) is -0.844. The van der Waals surface area contributed by atoms with Gasteiger partial charge in [0, 0.05) is 6.54 Å². The van der Waals surface area contributed by atoms with Crippen LogP contribution in [0.2, 0.25) is 0 Å². The molecule has 0 aliphatic rings. The summed E-state index contributed by atoms with van der Waals surface area (Å²) in [4.78, 5) is 10.6. The van der Waals surface area contributed by atoms with Crippen molar-refractivity contribution < 1.29 is 23.1 Å². The lowest BCUT2D eigenvalue weighted by atomic mass is 10.3. The van der Waals surface area contributed by atoms with Gasteiger partial charge >= 0.3 is 5.97 Å². The fourth-order valence-corrected chi connectivity index (χ4v) is 2.28. The van der Waals surface area contributed by atoms with Gasteiger partial charge in [-0.15, -0.1) is 0 Å². The normalized spacial score (nSPS) is 11.1. The number of nitrogens with one attached hydrogen (secondary N) is 1. The van der Waals surface area contributed by atoms with E-state index in [1.54, 1.807) is 0 Å². The maximum atomic E-state index is 11.7. The number of rotatable bonds is 5. The number of methoxy groups -OCH3 is 1. The summed E-state index contributed by atoms with van der Waals surface area (Å²) < 4.78 is 30.0. The molecule has 0 radical (unpaired) electrons. The number of benzene rings is 1. The SMILES string of the molecule is COC(=O)CCNS(=O)(=O)c1ccccc1O. The Morgan fingerprint density at radius 2 is 2.06 bits per heavy atom. The number of carbonyl (C=O) groups excluding carboxylic acids is 1. The molecule has 94 valence electrons. The van der Waals surface area contributed by atoms with E-state index < -0.39 is 16.0 Å². The predicted octanol–water partition coefficient (Wildman–Crippen LogP) is 0.234. The Morgan fingerprint density at radius 1 is 1.41 bits per heavy atom. The molecule has 2 N–H and O–H groups in total. The summed E-state index contributed by atoms with van der Waals surface area (Å²) in [5, 5.41) is 9.39. The molecule has 17 heavy (non-hydrogen) atoms. The van der Waals surface area contributed by atoms with Gasteiger partial charge < -0.3 is 9.84 Å². The van der Waals surface area contributed by atoms with Crippen LogP contribution in [0.3, 0.4) is 0 Å². The van der Waals surface area contributed by atoms with Gasteiger partial charge in [0.2, 0.25) is 10.0 Å². The summed E-state index contributed by atoms with van der Waals surface area (Å²) in [5.41, 5.74) is 0. The van der Waals surface area contributed by atoms with Crippen molar-refractivity contribution in [2.45, 2.75) is 11.3 Å². The number of carbonyl (C=O) groups is 1. The van der Waals surface area contributed by atoms with Crippen LogP contribution in [-0.4, -0.2) is 33.1 Å². The number of phenolic OH excluding ortho intramolecular Hbond substituents is 1. The average molecular weight is 259 g/mol. The molecule has 0 spiro atoms. The lowest BCUT2D eigenvalue weighted by Crippen LogP contribution is -2.26. The second-order valence-electron chi connectivity index (χ2n) is 3.19. The Hall–Kier alpha value is -1.60. The number of ether oxygens (including phenoxy) is 1. The van der Waals surface area contributed by atoms with Crippen LogP contribution >= 0.6 is 0 Å². The zero-order valence-corrected chi connectivity index (χ0v) is 10.0. The minimum absolute atomic E-state index is 0.0661. The van der Waals surface area contributed by atoms with E-state index in [0.717, 1.165) is 0 Å². The van der Waals surface area contributed by atoms with Gasteiger partial charge in [0.05, 0.1) is 13.5 Å². The summed E-state index contributed by atoms with van der Waals surface area (Å²) >= 11 is 0. The quantitative estimate of drug-likeness (QED) is 0.739. The Bertz CT molecular complexity index is 497. The molecule has 7 heteroatoms. The van der Waals surface area contributed by atoms with Gasteiger partial charge in [0.25, 0.3) is 0 Å². The highest BCUT2D eigenvalue weighted by Crippen LogP contribution is 2.20. The first-order valence-electron chi connectivity index (χ1n) is 4.82. The van der Waals surface area contributed by atoms with Crippen LogP contribution in [0.4, 0.5) is 0 Å². The first kappa shape index (κ1) is 13.5. The highest BCUT2D eigenvalue weighted by molar-refractivity contribution is 7.89. The molecule has 0 bridgehead atoms. The smallest absolute Gasteiger partial charge is 0.306 e. The molecule has 1 aromatic rings. The number of hydrogen-bond acceptors (Lipinski definition) is 5. The van der Waals surface area contributed by atoms with E-state index in [4.69, 9.17) is 0 Å². The van der Waals surface area contributed by atoms with E-state index in [1.807, 2.05) is 0 Å². The van der Waals surface area contributed by atoms with Crippen LogP contribution in [0.1, 0.15) is 6.42 Å². The topological polar surface area (TPSA) is 92.7 Å². The van der Waals surface area contributed by atoms with E-state index in [-0.39, 0.29) is 23.6 Å². The number of phenols is 1. The highest BCUT2D eigenvalue weighted by Gasteiger charge is 2.17. The molecule has 0 aliphatic heterocycles. The van der Waals surface area contributed by atoms with Crippen molar-refractivity contribution in [3.8, 4) is 5.75 Å². The highest BCUT2D eigenvalue weighted by atomic mass is 32.2. The molecule has 0 fully saturated rings. The second kappa shape index (κ2) is 5.65. The standard InChI is InChI=1S/C10H13NO5S/c1-16-10(13)6-7-11-17(14,15)9-5-3-2-4-8(9)12/h2-5,11-12H,6-7H2,1H3. The van der Waals surface area contributed by atoms with Crippen LogP contribution in [0, 0.1) is 0 Å². The average Bonchev–Trinajstić information content (AvgIpc) is 2.28. The monoisotopic (exact) mass is 259 g/mol. The lowest BCUT2D eigenvalue weighted by Gasteiger charge is -2.07. The molecule has 1 aromatic carbocycles. The van der Waals surface area contributed by atoms with Gasteiger partial charge in [-0.1, -0.05) is 12.1 Å². The number of aromatic hydroxyl groups is 1. The van der Waals surface area contributed by atoms with Crippen molar-refractivity contribution in [2.24, 2.45) is 0 Å². The van der Waals surface area contributed by atoms with Crippen molar-refractivity contribution in [2.75, 3.05) is 13.7 Å². The van der Waals surface area contributed by atoms with Crippen LogP contribution in [0.25, 0.3) is 0 Å². The van der Waals surface area contributed by atoms with E-state index in [2.05, 4.69) is 9.46 Å². The van der Waals surface area contributed by atoms with Gasteiger partial charge in [0.15, 0.2) is 0 Å². The predicted molar refractivity (Wildman–Crippen MR) is 59.9 cm³/mol. The van der Waals surface area contributed by atoms with Crippen molar-refractivity contribution in [1.29, 1.82) is 0 Å². The Balaban J connectivity index is 2.70. The largest absolute Gasteiger partial charge is 0.507 e. The van der Waals surface area contributed by atoms with Crippen LogP contribution in [0.15, 0.2) is 29.2 Å². The molecule has 0 aromatic heterocycles. The van der Waals surface area contributed by atoms with Crippen molar-refractivity contribution in [1.82, 2.24) is 4.72 Å². The molecule has 0 unspecified atom stereocenters. The maximum Gasteiger partial charge on any atom is 0.306 e. The molecular formula is C10H13NO5S. The molecule has 0 atom stereocenters. The van der Waals surface area contributed by atoms with Crippen LogP contribution in [0.5, 0.6) is 5.75 Å². The fraction of sp³-hybridized carbons (Fsp3) is 0.300. The molecule has 0 heterocycles. The minimum Gasteiger partial charge on any atom is -0.507 e. The maximum absolute atomic E-state index is 11.7. The number of hydrogen-bond donors (Lipinski definition) is 2. The number of esters is 1. The Kier molecular flexibility index (Phi) is 4.47. The molecular weight excluding hydrogens is 246 g/mol. The van der Waals surface area contributed by atoms with Gasteiger partial charge in [-0.25, -0.2) is 13.1 Å². The third-order valence-electron chi connectivity index (χ3n) is 2.00. The van der Waals surface area contributed by atoms with E-state index in [0.29, 0.717) is 0 Å². The third kappa shape index (κ3) is 3.72. The molecule has 0 amide bonds. The Labute approximate surface area is 99.3 Å². The van der Waals surface area contributed by atoms with Crippen LogP contribution in [-0.2, 0) is 19.6 Å². The lowest BCUT2D eigenvalue weighted by molar-refractivity contribution is -0.140. The summed E-state index contributed by atoms with van der Waals surface area (Å²) in [6.45, 7) is -0.0800. The zero-order valence-electron chi connectivity index (χ0n) is 9.21.